The van der Waals surface area contributed by atoms with Crippen molar-refractivity contribution < 1.29 is 14.3 Å². The summed E-state index contributed by atoms with van der Waals surface area (Å²) in [6.45, 7) is 4.20. The quantitative estimate of drug-likeness (QED) is 0.920. The third-order valence-corrected chi connectivity index (χ3v) is 3.16. The lowest BCUT2D eigenvalue weighted by atomic mass is 10.1. The molecule has 0 aliphatic carbocycles. The highest BCUT2D eigenvalue weighted by Gasteiger charge is 2.15. The fraction of sp³-hybridized carbons (Fsp3) is 0.312. The van der Waals surface area contributed by atoms with E-state index in [9.17, 15) is 9.59 Å². The Morgan fingerprint density at radius 3 is 2.77 bits per heavy atom. The molecule has 1 heterocycles. The fourth-order valence-electron chi connectivity index (χ4n) is 2.21. The fourth-order valence-corrected chi connectivity index (χ4v) is 2.21. The second kappa shape index (κ2) is 7.40. The van der Waals surface area contributed by atoms with E-state index in [1.54, 1.807) is 18.0 Å². The molecule has 0 fully saturated rings. The van der Waals surface area contributed by atoms with E-state index in [0.29, 0.717) is 19.7 Å². The third kappa shape index (κ3) is 3.72. The van der Waals surface area contributed by atoms with Crippen LogP contribution >= 0.6 is 0 Å². The molecule has 2 rings (SSSR count). The van der Waals surface area contributed by atoms with E-state index >= 15 is 0 Å². The highest BCUT2D eigenvalue weighted by atomic mass is 16.5. The predicted octanol–water partition coefficient (Wildman–Crippen LogP) is 2.33. The maximum atomic E-state index is 11.9. The van der Waals surface area contributed by atoms with Crippen molar-refractivity contribution in [2.45, 2.75) is 13.8 Å². The summed E-state index contributed by atoms with van der Waals surface area (Å²) in [4.78, 5) is 29.2. The molecule has 6 nitrogen and oxygen atoms in total. The maximum absolute atomic E-state index is 11.9. The van der Waals surface area contributed by atoms with Gasteiger partial charge in [0.05, 0.1) is 17.8 Å². The molecule has 0 saturated carbocycles. The number of aromatic nitrogens is 1. The summed E-state index contributed by atoms with van der Waals surface area (Å²) in [5.74, 6) is -0.108. The van der Waals surface area contributed by atoms with Crippen LogP contribution in [-0.4, -0.2) is 36.7 Å². The number of hydrogen-bond acceptors (Lipinski definition) is 4. The van der Waals surface area contributed by atoms with Crippen molar-refractivity contribution in [3.05, 3.63) is 36.5 Å². The number of carbonyl (C=O) groups is 2. The summed E-state index contributed by atoms with van der Waals surface area (Å²) < 4.78 is 4.79. The van der Waals surface area contributed by atoms with E-state index in [2.05, 4.69) is 10.3 Å². The smallest absolute Gasteiger partial charge is 0.407 e. The van der Waals surface area contributed by atoms with Gasteiger partial charge in [-0.1, -0.05) is 18.2 Å². The van der Waals surface area contributed by atoms with E-state index in [1.165, 1.54) is 6.92 Å². The molecular weight excluding hydrogens is 282 g/mol. The molecule has 1 N–H and O–H groups in total. The first kappa shape index (κ1) is 15.8. The van der Waals surface area contributed by atoms with Crippen LogP contribution in [-0.2, 0) is 9.53 Å². The monoisotopic (exact) mass is 301 g/mol. The summed E-state index contributed by atoms with van der Waals surface area (Å²) in [7, 11) is 0. The number of benzene rings is 1. The highest BCUT2D eigenvalue weighted by Crippen LogP contribution is 2.24. The van der Waals surface area contributed by atoms with Crippen molar-refractivity contribution in [1.29, 1.82) is 0 Å². The van der Waals surface area contributed by atoms with Gasteiger partial charge in [0.1, 0.15) is 0 Å². The molecule has 116 valence electrons. The van der Waals surface area contributed by atoms with Crippen molar-refractivity contribution in [3.63, 3.8) is 0 Å². The molecule has 0 spiro atoms. The van der Waals surface area contributed by atoms with E-state index in [4.69, 9.17) is 4.74 Å². The van der Waals surface area contributed by atoms with Crippen LogP contribution in [0.1, 0.15) is 13.8 Å². The summed E-state index contributed by atoms with van der Waals surface area (Å²) in [5, 5.41) is 3.57. The van der Waals surface area contributed by atoms with Gasteiger partial charge in [-0.2, -0.15) is 0 Å². The predicted molar refractivity (Wildman–Crippen MR) is 84.8 cm³/mol. The number of anilines is 1. The number of carbonyl (C=O) groups excluding carboxylic acids is 2. The number of ether oxygens (including phenoxy) is 1. The summed E-state index contributed by atoms with van der Waals surface area (Å²) in [6.07, 6.45) is 1.21. The number of alkyl carbamates (subject to hydrolysis) is 1. The normalized spacial score (nSPS) is 10.3. The molecule has 0 aliphatic heterocycles. The molecule has 0 radical (unpaired) electrons. The molecule has 2 amide bonds. The molecule has 0 bridgehead atoms. The zero-order chi connectivity index (χ0) is 15.9. The lowest BCUT2D eigenvalue weighted by Gasteiger charge is -2.22. The van der Waals surface area contributed by atoms with Gasteiger partial charge in [0.2, 0.25) is 5.91 Å². The molecule has 22 heavy (non-hydrogen) atoms. The summed E-state index contributed by atoms with van der Waals surface area (Å²) >= 11 is 0. The summed E-state index contributed by atoms with van der Waals surface area (Å²) in [5.41, 5.74) is 1.49. The first-order chi connectivity index (χ1) is 10.6. The Morgan fingerprint density at radius 1 is 1.27 bits per heavy atom. The van der Waals surface area contributed by atoms with Crippen LogP contribution < -0.4 is 10.2 Å². The minimum absolute atomic E-state index is 0.108. The van der Waals surface area contributed by atoms with Crippen LogP contribution in [0.2, 0.25) is 0 Å². The second-order valence-electron chi connectivity index (χ2n) is 4.67. The number of amides is 2. The molecule has 0 aliphatic rings. The van der Waals surface area contributed by atoms with Gasteiger partial charge in [-0.3, -0.25) is 9.78 Å². The van der Waals surface area contributed by atoms with Crippen LogP contribution in [0.15, 0.2) is 36.5 Å². The van der Waals surface area contributed by atoms with Crippen molar-refractivity contribution in [1.82, 2.24) is 10.3 Å². The van der Waals surface area contributed by atoms with Gasteiger partial charge in [-0.25, -0.2) is 4.79 Å². The number of pyridine rings is 1. The van der Waals surface area contributed by atoms with E-state index in [-0.39, 0.29) is 5.91 Å². The Morgan fingerprint density at radius 2 is 2.05 bits per heavy atom. The number of para-hydroxylation sites is 1. The number of nitrogens with zero attached hydrogens (tertiary/aromatic N) is 2. The average molecular weight is 301 g/mol. The lowest BCUT2D eigenvalue weighted by Crippen LogP contribution is -2.37. The SMILES string of the molecule is CCOC(=O)NCCN(C(C)=O)c1cccc2cccnc12. The largest absolute Gasteiger partial charge is 0.450 e. The standard InChI is InChI=1S/C16H19N3O3/c1-3-22-16(21)18-10-11-19(12(2)20)14-8-4-6-13-7-5-9-17-15(13)14/h4-9H,3,10-11H2,1-2H3,(H,18,21). The van der Waals surface area contributed by atoms with Gasteiger partial charge >= 0.3 is 6.09 Å². The Hall–Kier alpha value is -2.63. The number of fused-ring (bicyclic) bond motifs is 1. The van der Waals surface area contributed by atoms with Crippen molar-refractivity contribution in [3.8, 4) is 0 Å². The first-order valence-electron chi connectivity index (χ1n) is 7.16. The van der Waals surface area contributed by atoms with Crippen LogP contribution in [0.5, 0.6) is 0 Å². The zero-order valence-electron chi connectivity index (χ0n) is 12.7. The van der Waals surface area contributed by atoms with Gasteiger partial charge in [0.15, 0.2) is 0 Å². The third-order valence-electron chi connectivity index (χ3n) is 3.16. The molecule has 0 saturated heterocycles. The van der Waals surface area contributed by atoms with Crippen molar-refractivity contribution >= 4 is 28.6 Å². The zero-order valence-corrected chi connectivity index (χ0v) is 12.7. The lowest BCUT2D eigenvalue weighted by molar-refractivity contribution is -0.116. The molecule has 1 aromatic carbocycles. The van der Waals surface area contributed by atoms with E-state index < -0.39 is 6.09 Å². The van der Waals surface area contributed by atoms with Gasteiger partial charge in [-0.05, 0) is 19.1 Å². The van der Waals surface area contributed by atoms with E-state index in [1.807, 2.05) is 30.3 Å². The molecule has 6 heteroatoms. The van der Waals surface area contributed by atoms with Gasteiger partial charge in [0, 0.05) is 31.6 Å². The second-order valence-corrected chi connectivity index (χ2v) is 4.67. The molecule has 2 aromatic rings. The average Bonchev–Trinajstić information content (AvgIpc) is 2.51. The van der Waals surface area contributed by atoms with Gasteiger partial charge in [0.25, 0.3) is 0 Å². The number of hydrogen-bond donors (Lipinski definition) is 1. The summed E-state index contributed by atoms with van der Waals surface area (Å²) in [6, 6.07) is 9.48. The molecular formula is C16H19N3O3. The maximum Gasteiger partial charge on any atom is 0.407 e. The Kier molecular flexibility index (Phi) is 5.30. The Labute approximate surface area is 129 Å². The first-order valence-corrected chi connectivity index (χ1v) is 7.16. The Balaban J connectivity index is 2.17. The molecule has 0 atom stereocenters. The van der Waals surface area contributed by atoms with Crippen molar-refractivity contribution in [2.75, 3.05) is 24.6 Å². The van der Waals surface area contributed by atoms with Gasteiger partial charge < -0.3 is 15.0 Å². The topological polar surface area (TPSA) is 71.5 Å². The van der Waals surface area contributed by atoms with E-state index in [0.717, 1.165) is 16.6 Å². The highest BCUT2D eigenvalue weighted by molar-refractivity contribution is 6.01. The number of rotatable bonds is 5. The minimum atomic E-state index is -0.484. The van der Waals surface area contributed by atoms with Crippen LogP contribution in [0.25, 0.3) is 10.9 Å². The number of nitrogens with one attached hydrogen (secondary N) is 1. The Bertz CT molecular complexity index is 667. The van der Waals surface area contributed by atoms with Crippen LogP contribution in [0.3, 0.4) is 0 Å². The van der Waals surface area contributed by atoms with Crippen molar-refractivity contribution in [2.24, 2.45) is 0 Å². The molecule has 1 aromatic heterocycles. The van der Waals surface area contributed by atoms with Crippen LogP contribution in [0.4, 0.5) is 10.5 Å². The minimum Gasteiger partial charge on any atom is -0.450 e. The molecule has 0 unspecified atom stereocenters. The van der Waals surface area contributed by atoms with Crippen LogP contribution in [0, 0.1) is 0 Å². The van der Waals surface area contributed by atoms with Gasteiger partial charge in [-0.15, -0.1) is 0 Å².